The van der Waals surface area contributed by atoms with E-state index < -0.39 is 5.91 Å². The molecule has 1 fully saturated rings. The van der Waals surface area contributed by atoms with Crippen LogP contribution in [0.5, 0.6) is 11.6 Å². The van der Waals surface area contributed by atoms with E-state index in [1.165, 1.54) is 12.8 Å². The van der Waals surface area contributed by atoms with Crippen molar-refractivity contribution in [2.75, 3.05) is 19.5 Å². The predicted molar refractivity (Wildman–Crippen MR) is 133 cm³/mol. The van der Waals surface area contributed by atoms with Crippen LogP contribution in [0.3, 0.4) is 0 Å². The van der Waals surface area contributed by atoms with Crippen LogP contribution in [-0.4, -0.2) is 46.3 Å². The van der Waals surface area contributed by atoms with Gasteiger partial charge in [-0.1, -0.05) is 12.1 Å². The van der Waals surface area contributed by atoms with Crippen LogP contribution in [0.2, 0.25) is 0 Å². The SMILES string of the molecule is COc1cc(-c2nccnc2OC)ccc1-c1ccc2c(NC(C)C3CC3)c(C(N)=O)nnc2c1. The summed E-state index contributed by atoms with van der Waals surface area (Å²) in [5, 5.41) is 12.7. The summed E-state index contributed by atoms with van der Waals surface area (Å²) < 4.78 is 11.1. The van der Waals surface area contributed by atoms with E-state index in [1.807, 2.05) is 36.4 Å². The molecule has 9 heteroatoms. The van der Waals surface area contributed by atoms with Crippen molar-refractivity contribution < 1.29 is 14.3 Å². The molecule has 1 aliphatic carbocycles. The highest BCUT2D eigenvalue weighted by Gasteiger charge is 2.29. The zero-order valence-electron chi connectivity index (χ0n) is 19.8. The lowest BCUT2D eigenvalue weighted by molar-refractivity contribution is 0.0995. The van der Waals surface area contributed by atoms with Crippen LogP contribution in [0.15, 0.2) is 48.8 Å². The predicted octanol–water partition coefficient (Wildman–Crippen LogP) is 4.08. The van der Waals surface area contributed by atoms with Gasteiger partial charge in [-0.25, -0.2) is 9.97 Å². The van der Waals surface area contributed by atoms with E-state index in [-0.39, 0.29) is 11.7 Å². The number of hydrogen-bond acceptors (Lipinski definition) is 8. The molecule has 5 rings (SSSR count). The standard InChI is InChI=1S/C26H26N6O3/c1-14(15-4-5-15)30-23-19-9-6-16(12-20(19)31-32-24(23)25(27)33)18-8-7-17(13-21(18)34-2)22-26(35-3)29-11-10-28-22/h6-15H,4-5H2,1-3H3,(H2,27,33)(H,30,31). The van der Waals surface area contributed by atoms with Gasteiger partial charge in [0.1, 0.15) is 11.4 Å². The highest BCUT2D eigenvalue weighted by molar-refractivity contribution is 6.05. The summed E-state index contributed by atoms with van der Waals surface area (Å²) >= 11 is 0. The molecule has 1 atom stereocenters. The molecule has 0 aliphatic heterocycles. The van der Waals surface area contributed by atoms with E-state index in [0.717, 1.165) is 22.1 Å². The van der Waals surface area contributed by atoms with Crippen LogP contribution in [0.1, 0.15) is 30.3 Å². The van der Waals surface area contributed by atoms with Crippen molar-refractivity contribution in [1.29, 1.82) is 0 Å². The zero-order valence-corrected chi connectivity index (χ0v) is 19.8. The Morgan fingerprint density at radius 3 is 2.51 bits per heavy atom. The smallest absolute Gasteiger partial charge is 0.271 e. The van der Waals surface area contributed by atoms with Gasteiger partial charge in [0.2, 0.25) is 5.88 Å². The number of primary amides is 1. The van der Waals surface area contributed by atoms with Crippen molar-refractivity contribution in [3.05, 3.63) is 54.5 Å². The van der Waals surface area contributed by atoms with E-state index >= 15 is 0 Å². The van der Waals surface area contributed by atoms with Crippen LogP contribution >= 0.6 is 0 Å². The number of nitrogens with zero attached hydrogens (tertiary/aromatic N) is 4. The number of fused-ring (bicyclic) bond motifs is 1. The fourth-order valence-electron chi connectivity index (χ4n) is 4.28. The van der Waals surface area contributed by atoms with Crippen molar-refractivity contribution in [1.82, 2.24) is 20.2 Å². The van der Waals surface area contributed by atoms with E-state index in [0.29, 0.717) is 34.4 Å². The van der Waals surface area contributed by atoms with Gasteiger partial charge in [-0.15, -0.1) is 10.2 Å². The number of carbonyl (C=O) groups is 1. The van der Waals surface area contributed by atoms with Gasteiger partial charge in [-0.05, 0) is 55.5 Å². The minimum atomic E-state index is -0.606. The third kappa shape index (κ3) is 4.32. The third-order valence-electron chi connectivity index (χ3n) is 6.34. The van der Waals surface area contributed by atoms with Crippen molar-refractivity contribution in [3.63, 3.8) is 0 Å². The lowest BCUT2D eigenvalue weighted by Gasteiger charge is -2.18. The first-order valence-corrected chi connectivity index (χ1v) is 11.4. The number of aromatic nitrogens is 4. The average molecular weight is 471 g/mol. The van der Waals surface area contributed by atoms with Crippen molar-refractivity contribution in [2.24, 2.45) is 11.7 Å². The van der Waals surface area contributed by atoms with Crippen LogP contribution in [-0.2, 0) is 0 Å². The number of carbonyl (C=O) groups excluding carboxylic acids is 1. The molecule has 3 N–H and O–H groups in total. The second kappa shape index (κ2) is 9.17. The van der Waals surface area contributed by atoms with Gasteiger partial charge < -0.3 is 20.5 Å². The molecular weight excluding hydrogens is 444 g/mol. The van der Waals surface area contributed by atoms with E-state index in [4.69, 9.17) is 15.2 Å². The van der Waals surface area contributed by atoms with Crippen molar-refractivity contribution in [2.45, 2.75) is 25.8 Å². The van der Waals surface area contributed by atoms with E-state index in [9.17, 15) is 4.79 Å². The summed E-state index contributed by atoms with van der Waals surface area (Å²) in [4.78, 5) is 20.7. The van der Waals surface area contributed by atoms with Gasteiger partial charge in [0, 0.05) is 34.9 Å². The summed E-state index contributed by atoms with van der Waals surface area (Å²) in [6.07, 6.45) is 5.56. The number of nitrogens with one attached hydrogen (secondary N) is 1. The summed E-state index contributed by atoms with van der Waals surface area (Å²) in [5.41, 5.74) is 10.3. The van der Waals surface area contributed by atoms with Gasteiger partial charge in [0.05, 0.1) is 25.4 Å². The first kappa shape index (κ1) is 22.5. The summed E-state index contributed by atoms with van der Waals surface area (Å²) in [7, 11) is 3.19. The molecule has 2 aromatic heterocycles. The Kier molecular flexibility index (Phi) is 5.90. The highest BCUT2D eigenvalue weighted by atomic mass is 16.5. The summed E-state index contributed by atoms with van der Waals surface area (Å²) in [5.74, 6) is 1.09. The molecule has 1 aliphatic rings. The molecule has 9 nitrogen and oxygen atoms in total. The molecule has 35 heavy (non-hydrogen) atoms. The monoisotopic (exact) mass is 470 g/mol. The number of hydrogen-bond donors (Lipinski definition) is 2. The van der Waals surface area contributed by atoms with Crippen LogP contribution < -0.4 is 20.5 Å². The number of methoxy groups -OCH3 is 2. The number of benzene rings is 2. The Morgan fingerprint density at radius 2 is 1.80 bits per heavy atom. The molecule has 4 aromatic rings. The molecule has 1 saturated carbocycles. The number of ether oxygens (including phenoxy) is 2. The Labute approximate surface area is 202 Å². The maximum Gasteiger partial charge on any atom is 0.271 e. The lowest BCUT2D eigenvalue weighted by Crippen LogP contribution is -2.23. The molecule has 0 radical (unpaired) electrons. The number of amides is 1. The Balaban J connectivity index is 1.57. The minimum absolute atomic E-state index is 0.151. The van der Waals surface area contributed by atoms with Crippen molar-refractivity contribution >= 4 is 22.5 Å². The largest absolute Gasteiger partial charge is 0.496 e. The minimum Gasteiger partial charge on any atom is -0.496 e. The maximum atomic E-state index is 12.0. The normalized spacial score (nSPS) is 13.9. The van der Waals surface area contributed by atoms with Crippen LogP contribution in [0.25, 0.3) is 33.3 Å². The second-order valence-corrected chi connectivity index (χ2v) is 8.62. The van der Waals surface area contributed by atoms with Gasteiger partial charge in [-0.2, -0.15) is 0 Å². The maximum absolute atomic E-state index is 12.0. The molecular formula is C26H26N6O3. The number of nitrogens with two attached hydrogens (primary N) is 1. The molecule has 0 spiro atoms. The third-order valence-corrected chi connectivity index (χ3v) is 6.34. The topological polar surface area (TPSA) is 125 Å². The number of rotatable bonds is 8. The first-order chi connectivity index (χ1) is 17.0. The molecule has 1 unspecified atom stereocenters. The quantitative estimate of drug-likeness (QED) is 0.395. The molecule has 2 aromatic carbocycles. The fraction of sp³-hybridized carbons (Fsp3) is 0.269. The van der Waals surface area contributed by atoms with E-state index in [1.54, 1.807) is 26.6 Å². The number of anilines is 1. The van der Waals surface area contributed by atoms with Gasteiger partial charge >= 0.3 is 0 Å². The first-order valence-electron chi connectivity index (χ1n) is 11.4. The highest BCUT2D eigenvalue weighted by Crippen LogP contribution is 2.39. The molecule has 0 saturated heterocycles. The fourth-order valence-corrected chi connectivity index (χ4v) is 4.28. The summed E-state index contributed by atoms with van der Waals surface area (Å²) in [6.45, 7) is 2.11. The second-order valence-electron chi connectivity index (χ2n) is 8.62. The van der Waals surface area contributed by atoms with Gasteiger partial charge in [0.15, 0.2) is 5.69 Å². The Morgan fingerprint density at radius 1 is 1.03 bits per heavy atom. The van der Waals surface area contributed by atoms with Crippen LogP contribution in [0.4, 0.5) is 5.69 Å². The summed E-state index contributed by atoms with van der Waals surface area (Å²) in [6, 6.07) is 11.9. The van der Waals surface area contributed by atoms with Crippen molar-refractivity contribution in [3.8, 4) is 34.0 Å². The Bertz CT molecular complexity index is 1420. The van der Waals surface area contributed by atoms with Crippen LogP contribution in [0, 0.1) is 5.92 Å². The molecule has 178 valence electrons. The lowest BCUT2D eigenvalue weighted by atomic mass is 9.99. The average Bonchev–Trinajstić information content (AvgIpc) is 3.73. The molecule has 0 bridgehead atoms. The zero-order chi connectivity index (χ0) is 24.5. The van der Waals surface area contributed by atoms with E-state index in [2.05, 4.69) is 32.4 Å². The Hall–Kier alpha value is -4.27. The van der Waals surface area contributed by atoms with Gasteiger partial charge in [-0.3, -0.25) is 4.79 Å². The molecule has 1 amide bonds. The van der Waals surface area contributed by atoms with Gasteiger partial charge in [0.25, 0.3) is 5.91 Å². The molecule has 2 heterocycles.